The summed E-state index contributed by atoms with van der Waals surface area (Å²) in [5.74, 6) is -0.367. The molecule has 1 aliphatic heterocycles. The molecule has 128 valence electrons. The van der Waals surface area contributed by atoms with E-state index in [0.29, 0.717) is 0 Å². The van der Waals surface area contributed by atoms with Gasteiger partial charge >= 0.3 is 0 Å². The van der Waals surface area contributed by atoms with Crippen molar-refractivity contribution < 1.29 is 14.6 Å². The number of methoxy groups -OCH3 is 1. The zero-order valence-electron chi connectivity index (χ0n) is 14.2. The molecular weight excluding hydrogens is 292 g/mol. The van der Waals surface area contributed by atoms with Crippen molar-refractivity contribution in [1.29, 1.82) is 0 Å². The number of ether oxygens (including phenoxy) is 1. The van der Waals surface area contributed by atoms with E-state index in [-0.39, 0.29) is 30.0 Å². The second kappa shape index (κ2) is 8.43. The fraction of sp³-hybridized carbons (Fsp3) is 0.611. The Balaban J connectivity index is 1.94. The van der Waals surface area contributed by atoms with Gasteiger partial charge in [-0.1, -0.05) is 37.3 Å². The summed E-state index contributed by atoms with van der Waals surface area (Å²) in [5, 5.41) is 16.7. The van der Waals surface area contributed by atoms with Gasteiger partial charge in [-0.15, -0.1) is 0 Å². The number of benzene rings is 1. The van der Waals surface area contributed by atoms with Crippen LogP contribution in [0.15, 0.2) is 30.3 Å². The molecule has 5 heteroatoms. The fourth-order valence-corrected chi connectivity index (χ4v) is 3.23. The van der Waals surface area contributed by atoms with E-state index in [1.165, 1.54) is 0 Å². The summed E-state index contributed by atoms with van der Waals surface area (Å²) in [5.41, 5.74) is 0.800. The maximum absolute atomic E-state index is 12.5. The molecule has 0 spiro atoms. The molecule has 0 aliphatic carbocycles. The topological polar surface area (TPSA) is 70.6 Å². The van der Waals surface area contributed by atoms with Gasteiger partial charge in [-0.2, -0.15) is 0 Å². The number of carbonyl (C=O) groups excluding carboxylic acids is 1. The van der Waals surface area contributed by atoms with Crippen LogP contribution in [-0.2, 0) is 9.53 Å². The highest BCUT2D eigenvalue weighted by Crippen LogP contribution is 2.20. The third-order valence-corrected chi connectivity index (χ3v) is 4.66. The highest BCUT2D eigenvalue weighted by Gasteiger charge is 2.33. The van der Waals surface area contributed by atoms with Crippen LogP contribution in [0, 0.1) is 5.92 Å². The zero-order chi connectivity index (χ0) is 16.8. The molecule has 0 bridgehead atoms. The predicted octanol–water partition coefficient (Wildman–Crippen LogP) is 1.63. The molecule has 1 saturated heterocycles. The van der Waals surface area contributed by atoms with Gasteiger partial charge in [-0.25, -0.2) is 0 Å². The van der Waals surface area contributed by atoms with Gasteiger partial charge in [0.15, 0.2) is 0 Å². The Kier molecular flexibility index (Phi) is 6.57. The van der Waals surface area contributed by atoms with Crippen molar-refractivity contribution in [2.75, 3.05) is 13.7 Å². The summed E-state index contributed by atoms with van der Waals surface area (Å²) in [6, 6.07) is 9.23. The second-order valence-corrected chi connectivity index (χ2v) is 6.34. The number of hydrogen-bond donors (Lipinski definition) is 3. The molecule has 0 radical (unpaired) electrons. The minimum Gasteiger partial charge on any atom is -0.386 e. The van der Waals surface area contributed by atoms with Crippen molar-refractivity contribution in [3.63, 3.8) is 0 Å². The molecule has 1 fully saturated rings. The lowest BCUT2D eigenvalue weighted by atomic mass is 9.94. The van der Waals surface area contributed by atoms with Crippen molar-refractivity contribution in [2.45, 2.75) is 51.0 Å². The third-order valence-electron chi connectivity index (χ3n) is 4.66. The summed E-state index contributed by atoms with van der Waals surface area (Å²) in [7, 11) is 1.65. The molecule has 3 N–H and O–H groups in total. The number of nitrogens with one attached hydrogen (secondary N) is 2. The van der Waals surface area contributed by atoms with Crippen molar-refractivity contribution in [1.82, 2.24) is 10.6 Å². The Morgan fingerprint density at radius 3 is 2.61 bits per heavy atom. The molecule has 2 rings (SSSR count). The summed E-state index contributed by atoms with van der Waals surface area (Å²) in [6.07, 6.45) is 1.26. The lowest BCUT2D eigenvalue weighted by molar-refractivity contribution is -0.131. The predicted molar refractivity (Wildman–Crippen MR) is 90.0 cm³/mol. The molecular formula is C18H28N2O3. The van der Waals surface area contributed by atoms with Crippen LogP contribution < -0.4 is 10.6 Å². The standard InChI is InChI=1S/C18H28N2O3/c1-12(17(23-3)15-10-7-11-19-15)18(22)20-13(2)16(21)14-8-5-4-6-9-14/h4-6,8-9,12-13,15-17,19,21H,7,10-11H2,1-3H3,(H,20,22)/t12?,13-,15+,16-,17?/m1/s1. The Morgan fingerprint density at radius 1 is 1.35 bits per heavy atom. The van der Waals surface area contributed by atoms with Crippen LogP contribution in [0.25, 0.3) is 0 Å². The lowest BCUT2D eigenvalue weighted by Crippen LogP contribution is -2.48. The van der Waals surface area contributed by atoms with Crippen LogP contribution >= 0.6 is 0 Å². The van der Waals surface area contributed by atoms with Crippen LogP contribution in [0.5, 0.6) is 0 Å². The number of hydrogen-bond acceptors (Lipinski definition) is 4. The van der Waals surface area contributed by atoms with Gasteiger partial charge in [0.25, 0.3) is 0 Å². The number of carbonyl (C=O) groups is 1. The lowest BCUT2D eigenvalue weighted by Gasteiger charge is -2.29. The number of aliphatic hydroxyl groups excluding tert-OH is 1. The van der Waals surface area contributed by atoms with Crippen LogP contribution in [0.1, 0.15) is 38.4 Å². The first-order valence-electron chi connectivity index (χ1n) is 8.34. The molecule has 23 heavy (non-hydrogen) atoms. The average molecular weight is 320 g/mol. The van der Waals surface area contributed by atoms with Gasteiger partial charge in [0, 0.05) is 13.2 Å². The second-order valence-electron chi connectivity index (χ2n) is 6.34. The fourth-order valence-electron chi connectivity index (χ4n) is 3.23. The van der Waals surface area contributed by atoms with E-state index in [2.05, 4.69) is 10.6 Å². The number of rotatable bonds is 7. The van der Waals surface area contributed by atoms with Crippen LogP contribution in [0.3, 0.4) is 0 Å². The molecule has 1 aromatic carbocycles. The van der Waals surface area contributed by atoms with Crippen molar-refractivity contribution in [3.8, 4) is 0 Å². The molecule has 0 saturated carbocycles. The minimum absolute atomic E-state index is 0.0898. The highest BCUT2D eigenvalue weighted by atomic mass is 16.5. The quantitative estimate of drug-likeness (QED) is 0.714. The molecule has 2 unspecified atom stereocenters. The Bertz CT molecular complexity index is 488. The van der Waals surface area contributed by atoms with Gasteiger partial charge in [-0.3, -0.25) is 4.79 Å². The maximum Gasteiger partial charge on any atom is 0.225 e. The van der Waals surface area contributed by atoms with E-state index in [0.717, 1.165) is 24.9 Å². The number of amides is 1. The van der Waals surface area contributed by atoms with Crippen LogP contribution in [-0.4, -0.2) is 42.9 Å². The Labute approximate surface area is 138 Å². The summed E-state index contributed by atoms with van der Waals surface area (Å²) in [6.45, 7) is 4.67. The summed E-state index contributed by atoms with van der Waals surface area (Å²) < 4.78 is 5.56. The molecule has 1 aliphatic rings. The van der Waals surface area contributed by atoms with E-state index in [1.54, 1.807) is 7.11 Å². The third kappa shape index (κ3) is 4.53. The average Bonchev–Trinajstić information content (AvgIpc) is 3.09. The van der Waals surface area contributed by atoms with Crippen molar-refractivity contribution >= 4 is 5.91 Å². The van der Waals surface area contributed by atoms with Crippen molar-refractivity contribution in [2.24, 2.45) is 5.92 Å². The highest BCUT2D eigenvalue weighted by molar-refractivity contribution is 5.79. The monoisotopic (exact) mass is 320 g/mol. The SMILES string of the molecule is COC(C(C)C(=O)N[C@H](C)[C@@H](O)c1ccccc1)[C@@H]1CCCN1. The van der Waals surface area contributed by atoms with Gasteiger partial charge < -0.3 is 20.5 Å². The minimum atomic E-state index is -0.724. The van der Waals surface area contributed by atoms with E-state index in [4.69, 9.17) is 4.74 Å². The normalized spacial score (nSPS) is 23.0. The summed E-state index contributed by atoms with van der Waals surface area (Å²) in [4.78, 5) is 12.5. The zero-order valence-corrected chi connectivity index (χ0v) is 14.2. The van der Waals surface area contributed by atoms with Crippen molar-refractivity contribution in [3.05, 3.63) is 35.9 Å². The molecule has 5 nitrogen and oxygen atoms in total. The first-order valence-corrected chi connectivity index (χ1v) is 8.34. The molecule has 1 amide bonds. The molecule has 0 aromatic heterocycles. The molecule has 1 aromatic rings. The Hall–Kier alpha value is -1.43. The maximum atomic E-state index is 12.5. The van der Waals surface area contributed by atoms with Gasteiger partial charge in [0.1, 0.15) is 0 Å². The number of aliphatic hydroxyl groups is 1. The van der Waals surface area contributed by atoms with E-state index >= 15 is 0 Å². The van der Waals surface area contributed by atoms with E-state index in [9.17, 15) is 9.90 Å². The molecule has 5 atom stereocenters. The first-order chi connectivity index (χ1) is 11.0. The van der Waals surface area contributed by atoms with E-state index in [1.807, 2.05) is 44.2 Å². The Morgan fingerprint density at radius 2 is 2.04 bits per heavy atom. The first kappa shape index (κ1) is 17.9. The largest absolute Gasteiger partial charge is 0.386 e. The van der Waals surface area contributed by atoms with Gasteiger partial charge in [0.2, 0.25) is 5.91 Å². The summed E-state index contributed by atoms with van der Waals surface area (Å²) >= 11 is 0. The molecule has 1 heterocycles. The van der Waals surface area contributed by atoms with Gasteiger partial charge in [0.05, 0.1) is 24.2 Å². The van der Waals surface area contributed by atoms with Gasteiger partial charge in [-0.05, 0) is 31.9 Å². The smallest absolute Gasteiger partial charge is 0.225 e. The van der Waals surface area contributed by atoms with Crippen LogP contribution in [0.2, 0.25) is 0 Å². The van der Waals surface area contributed by atoms with E-state index < -0.39 is 6.10 Å². The van der Waals surface area contributed by atoms with Crippen LogP contribution in [0.4, 0.5) is 0 Å².